The van der Waals surface area contributed by atoms with Gasteiger partial charge in [0, 0.05) is 42.3 Å². The number of benzene rings is 3. The molecule has 36 heavy (non-hydrogen) atoms. The normalized spacial score (nSPS) is 10.9. The van der Waals surface area contributed by atoms with E-state index < -0.39 is 0 Å². The van der Waals surface area contributed by atoms with Crippen molar-refractivity contribution >= 4 is 22.7 Å². The maximum atomic E-state index is 13.6. The van der Waals surface area contributed by atoms with E-state index >= 15 is 0 Å². The van der Waals surface area contributed by atoms with Crippen molar-refractivity contribution in [3.8, 4) is 0 Å². The van der Waals surface area contributed by atoms with E-state index in [0.29, 0.717) is 31.6 Å². The number of hydrogen-bond acceptors (Lipinski definition) is 2. The molecule has 4 rings (SSSR count). The van der Waals surface area contributed by atoms with Crippen molar-refractivity contribution in [2.24, 2.45) is 0 Å². The summed E-state index contributed by atoms with van der Waals surface area (Å²) < 4.78 is 13.5. The van der Waals surface area contributed by atoms with Crippen LogP contribution in [0.4, 0.5) is 4.39 Å². The second-order valence-corrected chi connectivity index (χ2v) is 9.00. The lowest BCUT2D eigenvalue weighted by Crippen LogP contribution is -2.43. The molecule has 0 saturated heterocycles. The van der Waals surface area contributed by atoms with Crippen molar-refractivity contribution in [1.82, 2.24) is 14.8 Å². The Hall–Kier alpha value is -3.93. The molecule has 2 amide bonds. The molecule has 1 N–H and O–H groups in total. The van der Waals surface area contributed by atoms with Gasteiger partial charge < -0.3 is 14.8 Å². The Morgan fingerprint density at radius 3 is 2.33 bits per heavy atom. The average Bonchev–Trinajstić information content (AvgIpc) is 3.33. The Morgan fingerprint density at radius 2 is 1.58 bits per heavy atom. The second-order valence-electron chi connectivity index (χ2n) is 9.00. The summed E-state index contributed by atoms with van der Waals surface area (Å²) in [6.07, 6.45) is 4.39. The third kappa shape index (κ3) is 6.39. The first-order valence-electron chi connectivity index (χ1n) is 12.5. The van der Waals surface area contributed by atoms with Gasteiger partial charge in [-0.1, -0.05) is 61.9 Å². The van der Waals surface area contributed by atoms with Gasteiger partial charge in [0.25, 0.3) is 5.91 Å². The van der Waals surface area contributed by atoms with Gasteiger partial charge in [-0.2, -0.15) is 0 Å². The number of halogens is 1. The molecule has 5 nitrogen and oxygen atoms in total. The Kier molecular flexibility index (Phi) is 8.50. The highest BCUT2D eigenvalue weighted by Gasteiger charge is 2.22. The predicted octanol–water partition coefficient (Wildman–Crippen LogP) is 5.82. The molecule has 0 aliphatic rings. The van der Waals surface area contributed by atoms with E-state index in [9.17, 15) is 14.0 Å². The van der Waals surface area contributed by atoms with Gasteiger partial charge >= 0.3 is 0 Å². The summed E-state index contributed by atoms with van der Waals surface area (Å²) >= 11 is 0. The summed E-state index contributed by atoms with van der Waals surface area (Å²) in [7, 11) is 0. The highest BCUT2D eigenvalue weighted by Crippen LogP contribution is 2.19. The van der Waals surface area contributed by atoms with Crippen LogP contribution in [0.25, 0.3) is 10.9 Å². The lowest BCUT2D eigenvalue weighted by molar-refractivity contribution is -0.132. The van der Waals surface area contributed by atoms with E-state index in [1.807, 2.05) is 42.6 Å². The van der Waals surface area contributed by atoms with Gasteiger partial charge in [0.15, 0.2) is 0 Å². The van der Waals surface area contributed by atoms with Crippen LogP contribution in [0.1, 0.15) is 41.3 Å². The van der Waals surface area contributed by atoms with E-state index in [1.54, 1.807) is 34.1 Å². The number of para-hydroxylation sites is 1. The van der Waals surface area contributed by atoms with Crippen LogP contribution < -0.4 is 0 Å². The van der Waals surface area contributed by atoms with Crippen LogP contribution in [0.15, 0.2) is 85.1 Å². The summed E-state index contributed by atoms with van der Waals surface area (Å²) in [5.74, 6) is -0.579. The first-order valence-corrected chi connectivity index (χ1v) is 12.5. The third-order valence-corrected chi connectivity index (χ3v) is 6.38. The molecule has 0 aliphatic carbocycles. The average molecular weight is 486 g/mol. The molecule has 0 fully saturated rings. The number of amides is 2. The molecule has 0 unspecified atom stereocenters. The van der Waals surface area contributed by atoms with Gasteiger partial charge in [-0.05, 0) is 54.3 Å². The van der Waals surface area contributed by atoms with E-state index in [1.165, 1.54) is 12.1 Å². The van der Waals surface area contributed by atoms with Crippen molar-refractivity contribution in [3.63, 3.8) is 0 Å². The zero-order valence-electron chi connectivity index (χ0n) is 20.6. The number of nitrogens with one attached hydrogen (secondary N) is 1. The fraction of sp³-hybridized carbons (Fsp3) is 0.267. The number of hydrogen-bond donors (Lipinski definition) is 1. The topological polar surface area (TPSA) is 56.4 Å². The molecule has 0 spiro atoms. The number of aromatic nitrogens is 1. The number of carbonyl (C=O) groups excluding carboxylic acids is 2. The molecular formula is C30H32FN3O2. The van der Waals surface area contributed by atoms with Gasteiger partial charge in [-0.3, -0.25) is 9.59 Å². The minimum Gasteiger partial charge on any atom is -0.361 e. The first kappa shape index (κ1) is 25.2. The van der Waals surface area contributed by atoms with E-state index in [4.69, 9.17) is 0 Å². The molecular weight excluding hydrogens is 453 g/mol. The van der Waals surface area contributed by atoms with Crippen LogP contribution in [0.5, 0.6) is 0 Å². The summed E-state index contributed by atoms with van der Waals surface area (Å²) in [5, 5.41) is 1.13. The first-order chi connectivity index (χ1) is 17.5. The van der Waals surface area contributed by atoms with Gasteiger partial charge in [-0.15, -0.1) is 0 Å². The Morgan fingerprint density at radius 1 is 0.861 bits per heavy atom. The maximum absolute atomic E-state index is 13.6. The van der Waals surface area contributed by atoms with Gasteiger partial charge in [0.1, 0.15) is 12.4 Å². The van der Waals surface area contributed by atoms with Crippen molar-refractivity contribution in [2.45, 2.75) is 32.7 Å². The summed E-state index contributed by atoms with van der Waals surface area (Å²) in [6.45, 7) is 3.42. The van der Waals surface area contributed by atoms with Crippen molar-refractivity contribution in [2.75, 3.05) is 19.6 Å². The van der Waals surface area contributed by atoms with Gasteiger partial charge in [-0.25, -0.2) is 4.39 Å². The number of nitrogens with zero attached hydrogens (tertiary/aromatic N) is 2. The zero-order chi connectivity index (χ0) is 25.3. The third-order valence-electron chi connectivity index (χ3n) is 6.38. The van der Waals surface area contributed by atoms with E-state index in [2.05, 4.69) is 18.0 Å². The molecule has 4 aromatic rings. The second kappa shape index (κ2) is 12.2. The number of rotatable bonds is 11. The standard InChI is InChI=1S/C30H32FN3O2/c1-2-3-18-34(30(36)24-9-5-4-6-10-24)22-29(35)33(21-23-13-15-26(31)16-14-23)19-17-25-20-32-28-12-8-7-11-27(25)28/h4-16,20,32H,2-3,17-19,21-22H2,1H3. The molecule has 0 saturated carbocycles. The monoisotopic (exact) mass is 485 g/mol. The smallest absolute Gasteiger partial charge is 0.254 e. The highest BCUT2D eigenvalue weighted by molar-refractivity contribution is 5.96. The summed E-state index contributed by atoms with van der Waals surface area (Å²) in [4.78, 5) is 33.5. The molecule has 3 aromatic carbocycles. The van der Waals surface area contributed by atoms with Crippen LogP contribution in [0.3, 0.4) is 0 Å². The van der Waals surface area contributed by atoms with Crippen LogP contribution >= 0.6 is 0 Å². The number of aromatic amines is 1. The Balaban J connectivity index is 1.53. The SMILES string of the molecule is CCCCN(CC(=O)N(CCc1c[nH]c2ccccc12)Cc1ccc(F)cc1)C(=O)c1ccccc1. The van der Waals surface area contributed by atoms with Crippen molar-refractivity contribution in [3.05, 3.63) is 108 Å². The summed E-state index contributed by atoms with van der Waals surface area (Å²) in [6, 6.07) is 23.4. The van der Waals surface area contributed by atoms with E-state index in [-0.39, 0.29) is 24.2 Å². The van der Waals surface area contributed by atoms with Gasteiger partial charge in [0.2, 0.25) is 5.91 Å². The quantitative estimate of drug-likeness (QED) is 0.291. The summed E-state index contributed by atoms with van der Waals surface area (Å²) in [5.41, 5.74) is 3.61. The van der Waals surface area contributed by atoms with Crippen LogP contribution in [-0.4, -0.2) is 46.2 Å². The minimum absolute atomic E-state index is 0.00278. The Labute approximate surface area is 211 Å². The van der Waals surface area contributed by atoms with Crippen LogP contribution in [0.2, 0.25) is 0 Å². The lowest BCUT2D eigenvalue weighted by atomic mass is 10.1. The van der Waals surface area contributed by atoms with Crippen LogP contribution in [0, 0.1) is 5.82 Å². The largest absolute Gasteiger partial charge is 0.361 e. The molecule has 0 radical (unpaired) electrons. The molecule has 0 atom stereocenters. The number of fused-ring (bicyclic) bond motifs is 1. The molecule has 186 valence electrons. The molecule has 1 aromatic heterocycles. The molecule has 6 heteroatoms. The maximum Gasteiger partial charge on any atom is 0.254 e. The van der Waals surface area contributed by atoms with Gasteiger partial charge in [0.05, 0.1) is 0 Å². The molecule has 0 bridgehead atoms. The number of unbranched alkanes of at least 4 members (excludes halogenated alkanes) is 1. The highest BCUT2D eigenvalue weighted by atomic mass is 19.1. The van der Waals surface area contributed by atoms with Crippen molar-refractivity contribution in [1.29, 1.82) is 0 Å². The fourth-order valence-corrected chi connectivity index (χ4v) is 4.32. The molecule has 1 heterocycles. The van der Waals surface area contributed by atoms with E-state index in [0.717, 1.165) is 34.9 Å². The number of H-pyrrole nitrogens is 1. The number of carbonyl (C=O) groups is 2. The lowest BCUT2D eigenvalue weighted by Gasteiger charge is -2.28. The minimum atomic E-state index is -0.311. The zero-order valence-corrected chi connectivity index (χ0v) is 20.6. The predicted molar refractivity (Wildman–Crippen MR) is 141 cm³/mol. The fourth-order valence-electron chi connectivity index (χ4n) is 4.32. The van der Waals surface area contributed by atoms with Crippen LogP contribution in [-0.2, 0) is 17.8 Å². The Bertz CT molecular complexity index is 1280. The molecule has 0 aliphatic heterocycles. The van der Waals surface area contributed by atoms with Crippen molar-refractivity contribution < 1.29 is 14.0 Å².